The number of likely N-dealkylation sites (tertiary alicyclic amines) is 1. The fourth-order valence-electron chi connectivity index (χ4n) is 4.40. The van der Waals surface area contributed by atoms with E-state index in [0.717, 1.165) is 17.7 Å². The summed E-state index contributed by atoms with van der Waals surface area (Å²) in [7, 11) is 1.50. The van der Waals surface area contributed by atoms with Gasteiger partial charge in [-0.25, -0.2) is 9.59 Å². The summed E-state index contributed by atoms with van der Waals surface area (Å²) in [5, 5.41) is 0.607. The first-order chi connectivity index (χ1) is 14.4. The van der Waals surface area contributed by atoms with E-state index in [2.05, 4.69) is 0 Å². The Kier molecular flexibility index (Phi) is 5.32. The highest BCUT2D eigenvalue weighted by Gasteiger charge is 2.51. The van der Waals surface area contributed by atoms with Gasteiger partial charge in [0, 0.05) is 23.1 Å². The molecule has 0 unspecified atom stereocenters. The molecular formula is C22H23NO7. The molecule has 2 heterocycles. The summed E-state index contributed by atoms with van der Waals surface area (Å²) in [6.07, 6.45) is 3.20. The number of carbonyl (C=O) groups excluding carboxylic acids is 3. The number of methoxy groups -OCH3 is 1. The van der Waals surface area contributed by atoms with Crippen molar-refractivity contribution in [1.82, 2.24) is 4.90 Å². The van der Waals surface area contributed by atoms with E-state index in [1.807, 2.05) is 0 Å². The Bertz CT molecular complexity index is 1050. The molecule has 1 saturated heterocycles. The number of carbonyl (C=O) groups is 3. The topological polar surface area (TPSA) is 103 Å². The molecule has 1 aliphatic heterocycles. The number of ether oxygens (including phenoxy) is 2. The highest BCUT2D eigenvalue weighted by atomic mass is 16.5. The van der Waals surface area contributed by atoms with Gasteiger partial charge in [-0.05, 0) is 31.9 Å². The third-order valence-electron chi connectivity index (χ3n) is 6.01. The second kappa shape index (κ2) is 7.93. The molecule has 0 bridgehead atoms. The summed E-state index contributed by atoms with van der Waals surface area (Å²) in [4.78, 5) is 50.9. The fraction of sp³-hybridized carbons (Fsp3) is 0.455. The van der Waals surface area contributed by atoms with Crippen molar-refractivity contribution in [2.75, 3.05) is 7.11 Å². The minimum Gasteiger partial charge on any atom is -0.497 e. The average molecular weight is 413 g/mol. The molecule has 2 aliphatic rings. The molecule has 8 heteroatoms. The predicted molar refractivity (Wildman–Crippen MR) is 106 cm³/mol. The number of hydrogen-bond donors (Lipinski definition) is 0. The zero-order chi connectivity index (χ0) is 21.4. The summed E-state index contributed by atoms with van der Waals surface area (Å²) in [5.41, 5.74) is 0.205. The zero-order valence-corrected chi connectivity index (χ0v) is 16.9. The maximum absolute atomic E-state index is 12.7. The molecule has 1 aromatic heterocycles. The Labute approximate surface area is 172 Å². The second-order valence-corrected chi connectivity index (χ2v) is 7.78. The number of fused-ring (bicyclic) bond motifs is 2. The minimum atomic E-state index is -1.01. The van der Waals surface area contributed by atoms with Crippen molar-refractivity contribution in [1.29, 1.82) is 0 Å². The number of benzene rings is 1. The third kappa shape index (κ3) is 3.46. The van der Waals surface area contributed by atoms with Crippen LogP contribution < -0.4 is 10.4 Å². The van der Waals surface area contributed by atoms with Gasteiger partial charge in [-0.1, -0.05) is 12.8 Å². The Morgan fingerprint density at radius 3 is 2.43 bits per heavy atom. The molecule has 30 heavy (non-hydrogen) atoms. The molecule has 2 amide bonds. The molecule has 8 nitrogen and oxygen atoms in total. The van der Waals surface area contributed by atoms with Crippen LogP contribution in [0, 0.1) is 11.8 Å². The monoisotopic (exact) mass is 413 g/mol. The summed E-state index contributed by atoms with van der Waals surface area (Å²) in [6.45, 7) is 1.32. The lowest BCUT2D eigenvalue weighted by Gasteiger charge is -2.21. The standard InChI is InChI=1S/C22H23NO7/c1-12(23-20(25)16-5-3-4-6-17(16)21(23)26)22(27)29-11-13-9-19(24)30-18-10-14(28-2)7-8-15(13)18/h7-10,12,16-17H,3-6,11H2,1-2H3/t12-,16-,17-/m0/s1. The predicted octanol–water partition coefficient (Wildman–Crippen LogP) is 2.41. The Balaban J connectivity index is 1.50. The number of imide groups is 1. The van der Waals surface area contributed by atoms with Gasteiger partial charge in [0.05, 0.1) is 18.9 Å². The van der Waals surface area contributed by atoms with E-state index in [1.165, 1.54) is 20.1 Å². The number of rotatable bonds is 5. The van der Waals surface area contributed by atoms with Gasteiger partial charge in [-0.2, -0.15) is 0 Å². The molecule has 2 aromatic rings. The van der Waals surface area contributed by atoms with E-state index in [1.54, 1.807) is 18.2 Å². The maximum Gasteiger partial charge on any atom is 0.336 e. The first kappa shape index (κ1) is 20.1. The number of esters is 1. The van der Waals surface area contributed by atoms with Crippen LogP contribution in [-0.2, 0) is 25.7 Å². The van der Waals surface area contributed by atoms with Crippen LogP contribution in [0.4, 0.5) is 0 Å². The Morgan fingerprint density at radius 2 is 1.80 bits per heavy atom. The van der Waals surface area contributed by atoms with Crippen molar-refractivity contribution < 1.29 is 28.3 Å². The molecule has 0 N–H and O–H groups in total. The Morgan fingerprint density at radius 1 is 1.13 bits per heavy atom. The van der Waals surface area contributed by atoms with E-state index in [-0.39, 0.29) is 30.3 Å². The van der Waals surface area contributed by atoms with Crippen LogP contribution in [0.1, 0.15) is 38.2 Å². The van der Waals surface area contributed by atoms with Gasteiger partial charge >= 0.3 is 11.6 Å². The van der Waals surface area contributed by atoms with E-state index in [9.17, 15) is 19.2 Å². The summed E-state index contributed by atoms with van der Waals surface area (Å²) >= 11 is 0. The normalized spacial score (nSPS) is 22.1. The van der Waals surface area contributed by atoms with Crippen LogP contribution in [0.25, 0.3) is 11.0 Å². The van der Waals surface area contributed by atoms with Gasteiger partial charge < -0.3 is 13.9 Å². The molecule has 0 spiro atoms. The zero-order valence-electron chi connectivity index (χ0n) is 16.9. The number of amides is 2. The molecule has 3 atom stereocenters. The van der Waals surface area contributed by atoms with Gasteiger partial charge in [0.2, 0.25) is 11.8 Å². The van der Waals surface area contributed by atoms with Gasteiger partial charge in [0.25, 0.3) is 0 Å². The maximum atomic E-state index is 12.7. The molecular weight excluding hydrogens is 390 g/mol. The van der Waals surface area contributed by atoms with Crippen LogP contribution in [0.5, 0.6) is 5.75 Å². The van der Waals surface area contributed by atoms with Crippen molar-refractivity contribution >= 4 is 28.8 Å². The molecule has 2 fully saturated rings. The Hall–Kier alpha value is -3.16. The smallest absolute Gasteiger partial charge is 0.336 e. The highest BCUT2D eigenvalue weighted by Crippen LogP contribution is 2.39. The average Bonchev–Trinajstić information content (AvgIpc) is 3.01. The van der Waals surface area contributed by atoms with Crippen LogP contribution in [-0.4, -0.2) is 35.8 Å². The fourth-order valence-corrected chi connectivity index (χ4v) is 4.40. The van der Waals surface area contributed by atoms with Crippen LogP contribution >= 0.6 is 0 Å². The largest absolute Gasteiger partial charge is 0.497 e. The minimum absolute atomic E-state index is 0.180. The van der Waals surface area contributed by atoms with Gasteiger partial charge in [0.1, 0.15) is 24.0 Å². The third-order valence-corrected chi connectivity index (χ3v) is 6.01. The van der Waals surface area contributed by atoms with Crippen molar-refractivity contribution in [2.45, 2.75) is 45.3 Å². The lowest BCUT2D eigenvalue weighted by Crippen LogP contribution is -2.44. The molecule has 158 valence electrons. The molecule has 1 aromatic carbocycles. The van der Waals surface area contributed by atoms with Crippen LogP contribution in [0.3, 0.4) is 0 Å². The lowest BCUT2D eigenvalue weighted by atomic mass is 9.81. The van der Waals surface area contributed by atoms with E-state index < -0.39 is 17.6 Å². The van der Waals surface area contributed by atoms with Gasteiger partial charge in [-0.3, -0.25) is 14.5 Å². The number of nitrogens with zero attached hydrogens (tertiary/aromatic N) is 1. The summed E-state index contributed by atoms with van der Waals surface area (Å²) in [5.74, 6) is -1.37. The summed E-state index contributed by atoms with van der Waals surface area (Å²) < 4.78 is 15.7. The highest BCUT2D eigenvalue weighted by molar-refractivity contribution is 6.07. The van der Waals surface area contributed by atoms with Crippen molar-refractivity contribution in [3.05, 3.63) is 40.2 Å². The quantitative estimate of drug-likeness (QED) is 0.421. The van der Waals surface area contributed by atoms with E-state index in [4.69, 9.17) is 13.9 Å². The number of hydrogen-bond acceptors (Lipinski definition) is 7. The first-order valence-corrected chi connectivity index (χ1v) is 10.0. The van der Waals surface area contributed by atoms with Crippen molar-refractivity contribution in [3.63, 3.8) is 0 Å². The van der Waals surface area contributed by atoms with Crippen molar-refractivity contribution in [3.8, 4) is 5.75 Å². The second-order valence-electron chi connectivity index (χ2n) is 7.78. The van der Waals surface area contributed by atoms with Crippen molar-refractivity contribution in [2.24, 2.45) is 11.8 Å². The summed E-state index contributed by atoms with van der Waals surface area (Å²) in [6, 6.07) is 5.24. The molecule has 0 radical (unpaired) electrons. The molecule has 1 aliphatic carbocycles. The SMILES string of the molecule is COc1ccc2c(COC(=O)[C@H](C)N3C(=O)[C@H]4CCCC[C@@H]4C3=O)cc(=O)oc2c1. The van der Waals surface area contributed by atoms with Crippen LogP contribution in [0.15, 0.2) is 33.5 Å². The molecule has 1 saturated carbocycles. The molecule has 4 rings (SSSR count). The van der Waals surface area contributed by atoms with Gasteiger partial charge in [0.15, 0.2) is 0 Å². The van der Waals surface area contributed by atoms with Crippen LogP contribution in [0.2, 0.25) is 0 Å². The van der Waals surface area contributed by atoms with Gasteiger partial charge in [-0.15, -0.1) is 0 Å². The first-order valence-electron chi connectivity index (χ1n) is 10.0. The lowest BCUT2D eigenvalue weighted by molar-refractivity contribution is -0.159. The van der Waals surface area contributed by atoms with E-state index >= 15 is 0 Å². The van der Waals surface area contributed by atoms with E-state index in [0.29, 0.717) is 35.1 Å².